The first-order valence-electron chi connectivity index (χ1n) is 7.42. The number of furan rings is 2. The Kier molecular flexibility index (Phi) is 3.88. The van der Waals surface area contributed by atoms with Crippen molar-refractivity contribution in [1.82, 2.24) is 15.5 Å². The van der Waals surface area contributed by atoms with Gasteiger partial charge >= 0.3 is 6.03 Å². The molecule has 0 aliphatic carbocycles. The van der Waals surface area contributed by atoms with Gasteiger partial charge in [-0.05, 0) is 38.1 Å². The fraction of sp³-hybridized carbons (Fsp3) is 0.312. The lowest BCUT2D eigenvalue weighted by molar-refractivity contribution is -0.135. The van der Waals surface area contributed by atoms with Crippen LogP contribution in [-0.2, 0) is 15.1 Å². The quantitative estimate of drug-likeness (QED) is 0.808. The molecule has 2 atom stereocenters. The summed E-state index contributed by atoms with van der Waals surface area (Å²) in [4.78, 5) is 37.7. The van der Waals surface area contributed by atoms with E-state index < -0.39 is 23.4 Å². The average Bonchev–Trinajstić information content (AvgIpc) is 3.26. The summed E-state index contributed by atoms with van der Waals surface area (Å²) in [5.41, 5.74) is -1.31. The van der Waals surface area contributed by atoms with Gasteiger partial charge in [-0.3, -0.25) is 14.5 Å². The molecule has 1 saturated heterocycles. The molecule has 8 nitrogen and oxygen atoms in total. The zero-order valence-electron chi connectivity index (χ0n) is 13.2. The molecule has 3 heterocycles. The lowest BCUT2D eigenvalue weighted by Gasteiger charge is -2.19. The van der Waals surface area contributed by atoms with E-state index in [9.17, 15) is 14.4 Å². The van der Waals surface area contributed by atoms with Gasteiger partial charge in [0.15, 0.2) is 5.54 Å². The number of carbonyl (C=O) groups is 3. The second-order valence-electron chi connectivity index (χ2n) is 5.73. The number of imide groups is 1. The van der Waals surface area contributed by atoms with Gasteiger partial charge in [-0.25, -0.2) is 4.79 Å². The Labute approximate surface area is 137 Å². The first-order valence-corrected chi connectivity index (χ1v) is 7.42. The highest BCUT2D eigenvalue weighted by atomic mass is 16.3. The molecule has 0 bridgehead atoms. The van der Waals surface area contributed by atoms with Gasteiger partial charge in [-0.2, -0.15) is 0 Å². The third-order valence-corrected chi connectivity index (χ3v) is 3.94. The maximum atomic E-state index is 12.6. The number of rotatable bonds is 5. The third kappa shape index (κ3) is 2.66. The van der Waals surface area contributed by atoms with E-state index in [0.29, 0.717) is 11.5 Å². The third-order valence-electron chi connectivity index (χ3n) is 3.94. The summed E-state index contributed by atoms with van der Waals surface area (Å²) in [5.74, 6) is -0.108. The molecule has 0 saturated carbocycles. The first kappa shape index (κ1) is 15.9. The number of amides is 4. The van der Waals surface area contributed by atoms with Crippen LogP contribution in [0.4, 0.5) is 4.79 Å². The zero-order valence-corrected chi connectivity index (χ0v) is 13.2. The minimum atomic E-state index is -1.31. The highest BCUT2D eigenvalue weighted by Gasteiger charge is 2.51. The number of urea groups is 1. The molecule has 1 aliphatic heterocycles. The second-order valence-corrected chi connectivity index (χ2v) is 5.73. The number of hydrogen-bond donors (Lipinski definition) is 2. The van der Waals surface area contributed by atoms with Crippen molar-refractivity contribution in [2.45, 2.75) is 25.4 Å². The van der Waals surface area contributed by atoms with Gasteiger partial charge in [0.05, 0.1) is 18.6 Å². The van der Waals surface area contributed by atoms with Crippen LogP contribution < -0.4 is 10.6 Å². The molecule has 2 aromatic rings. The number of hydrogen-bond acceptors (Lipinski definition) is 5. The molecule has 24 heavy (non-hydrogen) atoms. The van der Waals surface area contributed by atoms with Crippen molar-refractivity contribution in [3.63, 3.8) is 0 Å². The molecule has 2 aromatic heterocycles. The first-order chi connectivity index (χ1) is 11.4. The van der Waals surface area contributed by atoms with Gasteiger partial charge in [0, 0.05) is 0 Å². The Bertz CT molecular complexity index is 753. The molecule has 8 heteroatoms. The number of nitrogens with one attached hydrogen (secondary N) is 2. The van der Waals surface area contributed by atoms with Crippen LogP contribution in [0.15, 0.2) is 45.6 Å². The lowest BCUT2D eigenvalue weighted by atomic mass is 9.99. The summed E-state index contributed by atoms with van der Waals surface area (Å²) in [6.07, 6.45) is 2.92. The predicted molar refractivity (Wildman–Crippen MR) is 81.6 cm³/mol. The van der Waals surface area contributed by atoms with Crippen LogP contribution >= 0.6 is 0 Å². The molecule has 0 aromatic carbocycles. The second kappa shape index (κ2) is 5.88. The predicted octanol–water partition coefficient (Wildman–Crippen LogP) is 1.52. The summed E-state index contributed by atoms with van der Waals surface area (Å²) >= 11 is 0. The van der Waals surface area contributed by atoms with Crippen LogP contribution in [0.1, 0.15) is 31.4 Å². The van der Waals surface area contributed by atoms with E-state index in [0.717, 1.165) is 4.90 Å². The van der Waals surface area contributed by atoms with Crippen LogP contribution in [0.3, 0.4) is 0 Å². The Hall–Kier alpha value is -3.03. The minimum Gasteiger partial charge on any atom is -0.467 e. The van der Waals surface area contributed by atoms with Gasteiger partial charge in [0.25, 0.3) is 5.91 Å². The molecular formula is C16H17N3O5. The molecule has 4 amide bonds. The van der Waals surface area contributed by atoms with Crippen LogP contribution in [-0.4, -0.2) is 29.3 Å². The number of carbonyl (C=O) groups excluding carboxylic acids is 3. The Balaban J connectivity index is 1.68. The normalized spacial score (nSPS) is 21.7. The molecule has 0 radical (unpaired) electrons. The number of nitrogens with zero attached hydrogens (tertiary/aromatic N) is 1. The average molecular weight is 331 g/mol. The fourth-order valence-electron chi connectivity index (χ4n) is 2.61. The molecule has 1 fully saturated rings. The standard InChI is InChI=1S/C16H17N3O5/c1-10(11-5-3-7-23-11)17-13(20)9-19-14(21)16(2,18-15(19)22)12-6-4-8-24-12/h3-8,10H,9H2,1-2H3,(H,17,20)(H,18,22). The summed E-state index contributed by atoms with van der Waals surface area (Å²) in [6.45, 7) is 2.90. The van der Waals surface area contributed by atoms with Gasteiger partial charge in [0.1, 0.15) is 18.1 Å². The monoisotopic (exact) mass is 331 g/mol. The fourth-order valence-corrected chi connectivity index (χ4v) is 2.61. The molecular weight excluding hydrogens is 314 g/mol. The summed E-state index contributed by atoms with van der Waals surface area (Å²) in [5, 5.41) is 5.25. The van der Waals surface area contributed by atoms with E-state index in [1.54, 1.807) is 31.2 Å². The van der Waals surface area contributed by atoms with Crippen molar-refractivity contribution in [2.75, 3.05) is 6.54 Å². The van der Waals surface area contributed by atoms with Crippen molar-refractivity contribution >= 4 is 17.8 Å². The van der Waals surface area contributed by atoms with Crippen LogP contribution in [0, 0.1) is 0 Å². The van der Waals surface area contributed by atoms with E-state index >= 15 is 0 Å². The van der Waals surface area contributed by atoms with Crippen LogP contribution in [0.25, 0.3) is 0 Å². The highest BCUT2D eigenvalue weighted by Crippen LogP contribution is 2.28. The van der Waals surface area contributed by atoms with Gasteiger partial charge in [-0.15, -0.1) is 0 Å². The minimum absolute atomic E-state index is 0.313. The van der Waals surface area contributed by atoms with E-state index in [1.807, 2.05) is 0 Å². The Morgan fingerprint density at radius 2 is 2.00 bits per heavy atom. The smallest absolute Gasteiger partial charge is 0.325 e. The molecule has 126 valence electrons. The highest BCUT2D eigenvalue weighted by molar-refractivity contribution is 6.08. The molecule has 2 unspecified atom stereocenters. The van der Waals surface area contributed by atoms with Gasteiger partial charge < -0.3 is 19.5 Å². The van der Waals surface area contributed by atoms with Crippen molar-refractivity contribution in [2.24, 2.45) is 0 Å². The summed E-state index contributed by atoms with van der Waals surface area (Å²) in [6, 6.07) is 5.65. The lowest BCUT2D eigenvalue weighted by Crippen LogP contribution is -2.43. The van der Waals surface area contributed by atoms with Crippen molar-refractivity contribution in [3.8, 4) is 0 Å². The van der Waals surface area contributed by atoms with E-state index in [-0.39, 0.29) is 12.6 Å². The van der Waals surface area contributed by atoms with E-state index in [4.69, 9.17) is 8.83 Å². The molecule has 1 aliphatic rings. The van der Waals surface area contributed by atoms with Crippen molar-refractivity contribution in [1.29, 1.82) is 0 Å². The molecule has 3 rings (SSSR count). The van der Waals surface area contributed by atoms with Crippen LogP contribution in [0.2, 0.25) is 0 Å². The summed E-state index contributed by atoms with van der Waals surface area (Å²) in [7, 11) is 0. The SMILES string of the molecule is CC(NC(=O)CN1C(=O)NC(C)(c2ccco2)C1=O)c1ccco1. The molecule has 2 N–H and O–H groups in total. The van der Waals surface area contributed by atoms with Gasteiger partial charge in [-0.1, -0.05) is 0 Å². The van der Waals surface area contributed by atoms with E-state index in [1.165, 1.54) is 19.5 Å². The van der Waals surface area contributed by atoms with Crippen molar-refractivity contribution < 1.29 is 23.2 Å². The van der Waals surface area contributed by atoms with Crippen molar-refractivity contribution in [3.05, 3.63) is 48.3 Å². The topological polar surface area (TPSA) is 105 Å². The zero-order chi connectivity index (χ0) is 17.3. The maximum Gasteiger partial charge on any atom is 0.325 e. The maximum absolute atomic E-state index is 12.6. The van der Waals surface area contributed by atoms with Crippen LogP contribution in [0.5, 0.6) is 0 Å². The Morgan fingerprint density at radius 3 is 2.62 bits per heavy atom. The Morgan fingerprint density at radius 1 is 1.29 bits per heavy atom. The van der Waals surface area contributed by atoms with Gasteiger partial charge in [0.2, 0.25) is 5.91 Å². The summed E-state index contributed by atoms with van der Waals surface area (Å²) < 4.78 is 10.4. The largest absolute Gasteiger partial charge is 0.467 e. The van der Waals surface area contributed by atoms with E-state index in [2.05, 4.69) is 10.6 Å². The molecule has 0 spiro atoms.